The number of hydrogen-bond donors (Lipinski definition) is 2. The molecule has 4 nitrogen and oxygen atoms in total. The van der Waals surface area contributed by atoms with E-state index in [1.54, 1.807) is 18.5 Å². The molecule has 0 saturated heterocycles. The Morgan fingerprint density at radius 2 is 2.21 bits per heavy atom. The Kier molecular flexibility index (Phi) is 3.75. The molecule has 1 atom stereocenters. The number of carbonyl (C=O) groups excluding carboxylic acids is 1. The molecule has 0 fully saturated rings. The van der Waals surface area contributed by atoms with Crippen molar-refractivity contribution < 1.29 is 9.18 Å². The van der Waals surface area contributed by atoms with Gasteiger partial charge >= 0.3 is 0 Å². The molecular formula is C14H14FN3O. The summed E-state index contributed by atoms with van der Waals surface area (Å²) in [7, 11) is 0. The Morgan fingerprint density at radius 3 is 2.84 bits per heavy atom. The van der Waals surface area contributed by atoms with Crippen molar-refractivity contribution in [3.05, 3.63) is 59.7 Å². The number of anilines is 1. The summed E-state index contributed by atoms with van der Waals surface area (Å²) in [5.74, 6) is -0.947. The summed E-state index contributed by atoms with van der Waals surface area (Å²) >= 11 is 0. The van der Waals surface area contributed by atoms with E-state index in [0.717, 1.165) is 11.6 Å². The van der Waals surface area contributed by atoms with Crippen molar-refractivity contribution in [1.29, 1.82) is 0 Å². The second kappa shape index (κ2) is 5.48. The number of halogens is 1. The van der Waals surface area contributed by atoms with Crippen LogP contribution in [0.4, 0.5) is 10.1 Å². The summed E-state index contributed by atoms with van der Waals surface area (Å²) in [6.07, 6.45) is 3.34. The Labute approximate surface area is 110 Å². The number of nitrogens with two attached hydrogens (primary N) is 1. The summed E-state index contributed by atoms with van der Waals surface area (Å²) in [5, 5.41) is 2.77. The summed E-state index contributed by atoms with van der Waals surface area (Å²) in [6, 6.07) is 7.44. The lowest BCUT2D eigenvalue weighted by molar-refractivity contribution is 0.0939. The van der Waals surface area contributed by atoms with Crippen LogP contribution in [0.3, 0.4) is 0 Å². The van der Waals surface area contributed by atoms with Crippen molar-refractivity contribution in [1.82, 2.24) is 10.3 Å². The first kappa shape index (κ1) is 13.0. The summed E-state index contributed by atoms with van der Waals surface area (Å²) < 4.78 is 13.3. The zero-order valence-corrected chi connectivity index (χ0v) is 10.4. The lowest BCUT2D eigenvalue weighted by Gasteiger charge is -2.14. The molecule has 2 aromatic rings. The predicted octanol–water partition coefficient (Wildman–Crippen LogP) is 2.29. The van der Waals surface area contributed by atoms with E-state index in [1.165, 1.54) is 12.1 Å². The van der Waals surface area contributed by atoms with Gasteiger partial charge in [-0.05, 0) is 36.8 Å². The Morgan fingerprint density at radius 1 is 1.42 bits per heavy atom. The van der Waals surface area contributed by atoms with Gasteiger partial charge in [-0.15, -0.1) is 0 Å². The third-order valence-corrected chi connectivity index (χ3v) is 2.79. The highest BCUT2D eigenvalue weighted by Crippen LogP contribution is 2.14. The maximum Gasteiger partial charge on any atom is 0.251 e. The average Bonchev–Trinajstić information content (AvgIpc) is 2.42. The fraction of sp³-hybridized carbons (Fsp3) is 0.143. The monoisotopic (exact) mass is 259 g/mol. The van der Waals surface area contributed by atoms with Crippen molar-refractivity contribution in [2.45, 2.75) is 13.0 Å². The maximum absolute atomic E-state index is 13.3. The van der Waals surface area contributed by atoms with Crippen LogP contribution in [0.5, 0.6) is 0 Å². The molecule has 1 aromatic carbocycles. The molecule has 0 unspecified atom stereocenters. The number of carbonyl (C=O) groups is 1. The van der Waals surface area contributed by atoms with Gasteiger partial charge in [-0.3, -0.25) is 9.78 Å². The van der Waals surface area contributed by atoms with Crippen LogP contribution in [0.15, 0.2) is 42.7 Å². The van der Waals surface area contributed by atoms with E-state index in [1.807, 2.05) is 13.0 Å². The fourth-order valence-electron chi connectivity index (χ4n) is 1.66. The van der Waals surface area contributed by atoms with Crippen LogP contribution in [-0.4, -0.2) is 10.9 Å². The summed E-state index contributed by atoms with van der Waals surface area (Å²) in [6.45, 7) is 1.84. The average molecular weight is 259 g/mol. The van der Waals surface area contributed by atoms with Gasteiger partial charge in [-0.2, -0.15) is 0 Å². The third-order valence-electron chi connectivity index (χ3n) is 2.79. The van der Waals surface area contributed by atoms with Crippen LogP contribution >= 0.6 is 0 Å². The van der Waals surface area contributed by atoms with Gasteiger partial charge < -0.3 is 11.1 Å². The molecule has 2 rings (SSSR count). The SMILES string of the molecule is C[C@H](NC(=O)c1ccc(N)c(F)c1)c1cccnc1. The standard InChI is InChI=1S/C14H14FN3O/c1-9(11-3-2-6-17-8-11)18-14(19)10-4-5-13(16)12(15)7-10/h2-9H,16H2,1H3,(H,18,19)/t9-/m0/s1. The first-order valence-corrected chi connectivity index (χ1v) is 5.83. The zero-order chi connectivity index (χ0) is 13.8. The van der Waals surface area contributed by atoms with Crippen LogP contribution in [0, 0.1) is 5.82 Å². The van der Waals surface area contributed by atoms with E-state index in [-0.39, 0.29) is 23.2 Å². The molecule has 0 bridgehead atoms. The molecule has 0 saturated carbocycles. The van der Waals surface area contributed by atoms with Crippen LogP contribution < -0.4 is 11.1 Å². The number of aromatic nitrogens is 1. The van der Waals surface area contributed by atoms with Gasteiger partial charge in [-0.1, -0.05) is 6.07 Å². The third kappa shape index (κ3) is 3.07. The topological polar surface area (TPSA) is 68.0 Å². The number of rotatable bonds is 3. The van der Waals surface area contributed by atoms with E-state index in [9.17, 15) is 9.18 Å². The molecule has 1 amide bonds. The van der Waals surface area contributed by atoms with Crippen LogP contribution in [-0.2, 0) is 0 Å². The van der Waals surface area contributed by atoms with Crippen molar-refractivity contribution in [2.24, 2.45) is 0 Å². The minimum atomic E-state index is -0.596. The molecule has 0 spiro atoms. The molecule has 5 heteroatoms. The van der Waals surface area contributed by atoms with Crippen molar-refractivity contribution in [2.75, 3.05) is 5.73 Å². The first-order chi connectivity index (χ1) is 9.08. The maximum atomic E-state index is 13.3. The highest BCUT2D eigenvalue weighted by molar-refractivity contribution is 5.94. The largest absolute Gasteiger partial charge is 0.396 e. The molecule has 3 N–H and O–H groups in total. The quantitative estimate of drug-likeness (QED) is 0.831. The van der Waals surface area contributed by atoms with E-state index in [0.29, 0.717) is 0 Å². The van der Waals surface area contributed by atoms with Crippen molar-refractivity contribution in [3.63, 3.8) is 0 Å². The number of nitrogens with zero attached hydrogens (tertiary/aromatic N) is 1. The molecule has 1 heterocycles. The number of hydrogen-bond acceptors (Lipinski definition) is 3. The Bertz CT molecular complexity index is 586. The van der Waals surface area contributed by atoms with E-state index in [2.05, 4.69) is 10.3 Å². The number of amides is 1. The number of nitrogens with one attached hydrogen (secondary N) is 1. The number of benzene rings is 1. The molecule has 0 aliphatic rings. The zero-order valence-electron chi connectivity index (χ0n) is 10.4. The first-order valence-electron chi connectivity index (χ1n) is 5.83. The fourth-order valence-corrected chi connectivity index (χ4v) is 1.66. The number of pyridine rings is 1. The predicted molar refractivity (Wildman–Crippen MR) is 70.9 cm³/mol. The second-order valence-corrected chi connectivity index (χ2v) is 4.22. The van der Waals surface area contributed by atoms with Crippen LogP contribution in [0.2, 0.25) is 0 Å². The van der Waals surface area contributed by atoms with Gasteiger partial charge in [0.1, 0.15) is 5.82 Å². The van der Waals surface area contributed by atoms with Gasteiger partial charge in [0.25, 0.3) is 5.91 Å². The van der Waals surface area contributed by atoms with Gasteiger partial charge in [0.05, 0.1) is 11.7 Å². The van der Waals surface area contributed by atoms with Crippen LogP contribution in [0.1, 0.15) is 28.9 Å². The molecule has 19 heavy (non-hydrogen) atoms. The lowest BCUT2D eigenvalue weighted by atomic mass is 10.1. The smallest absolute Gasteiger partial charge is 0.251 e. The Balaban J connectivity index is 2.11. The van der Waals surface area contributed by atoms with E-state index in [4.69, 9.17) is 5.73 Å². The van der Waals surface area contributed by atoms with Crippen molar-refractivity contribution >= 4 is 11.6 Å². The van der Waals surface area contributed by atoms with E-state index < -0.39 is 5.82 Å². The molecule has 0 radical (unpaired) electrons. The molecule has 0 aliphatic carbocycles. The summed E-state index contributed by atoms with van der Waals surface area (Å²) in [4.78, 5) is 15.9. The highest BCUT2D eigenvalue weighted by atomic mass is 19.1. The number of nitrogen functional groups attached to an aromatic ring is 1. The van der Waals surface area contributed by atoms with Gasteiger partial charge in [0.2, 0.25) is 0 Å². The molecule has 98 valence electrons. The second-order valence-electron chi connectivity index (χ2n) is 4.22. The highest BCUT2D eigenvalue weighted by Gasteiger charge is 2.12. The molecule has 1 aromatic heterocycles. The van der Waals surface area contributed by atoms with E-state index >= 15 is 0 Å². The van der Waals surface area contributed by atoms with Crippen LogP contribution in [0.25, 0.3) is 0 Å². The molecular weight excluding hydrogens is 245 g/mol. The lowest BCUT2D eigenvalue weighted by Crippen LogP contribution is -2.26. The minimum Gasteiger partial charge on any atom is -0.396 e. The van der Waals surface area contributed by atoms with Gasteiger partial charge in [0.15, 0.2) is 0 Å². The summed E-state index contributed by atoms with van der Waals surface area (Å²) in [5.41, 5.74) is 6.51. The molecule has 0 aliphatic heterocycles. The van der Waals surface area contributed by atoms with Crippen molar-refractivity contribution in [3.8, 4) is 0 Å². The minimum absolute atomic E-state index is 0.0249. The Hall–Kier alpha value is -2.43. The normalized spacial score (nSPS) is 11.9. The van der Waals surface area contributed by atoms with Gasteiger partial charge in [-0.25, -0.2) is 4.39 Å². The van der Waals surface area contributed by atoms with Gasteiger partial charge in [0, 0.05) is 18.0 Å².